The van der Waals surface area contributed by atoms with Crippen LogP contribution >= 0.6 is 0 Å². The van der Waals surface area contributed by atoms with E-state index in [1.54, 1.807) is 20.8 Å². The van der Waals surface area contributed by atoms with Crippen LogP contribution in [0.15, 0.2) is 0 Å². The molecule has 0 spiro atoms. The number of carbonyl (C=O) groups excluding carboxylic acids is 1. The summed E-state index contributed by atoms with van der Waals surface area (Å²) in [6, 6.07) is 0. The van der Waals surface area contributed by atoms with Gasteiger partial charge in [0.1, 0.15) is 10.8 Å². The van der Waals surface area contributed by atoms with E-state index in [1.807, 2.05) is 0 Å². The number of amides is 1. The molecule has 0 radical (unpaired) electrons. The first-order valence-electron chi connectivity index (χ1n) is 7.90. The van der Waals surface area contributed by atoms with E-state index in [9.17, 15) is 14.7 Å². The van der Waals surface area contributed by atoms with Crippen LogP contribution in [0, 0.1) is 5.92 Å². The summed E-state index contributed by atoms with van der Waals surface area (Å²) >= 11 is 0. The van der Waals surface area contributed by atoms with Crippen molar-refractivity contribution in [1.29, 1.82) is 0 Å². The Balaban J connectivity index is 2.80. The van der Waals surface area contributed by atoms with Crippen molar-refractivity contribution >= 4 is 22.3 Å². The van der Waals surface area contributed by atoms with Gasteiger partial charge in [-0.1, -0.05) is 32.1 Å². The van der Waals surface area contributed by atoms with Crippen LogP contribution < -0.4 is 5.32 Å². The lowest BCUT2D eigenvalue weighted by atomic mass is 9.85. The van der Waals surface area contributed by atoms with Crippen LogP contribution in [0.25, 0.3) is 0 Å². The van der Waals surface area contributed by atoms with Gasteiger partial charge in [0.05, 0.1) is 10.2 Å². The number of carboxylic acid groups (broad SMARTS) is 1. The van der Waals surface area contributed by atoms with Crippen molar-refractivity contribution in [3.8, 4) is 0 Å². The molecule has 1 saturated carbocycles. The number of aliphatic carboxylic acids is 1. The van der Waals surface area contributed by atoms with Crippen LogP contribution in [0.5, 0.6) is 0 Å². The Morgan fingerprint density at radius 2 is 1.57 bits per heavy atom. The van der Waals surface area contributed by atoms with Crippen LogP contribution in [-0.4, -0.2) is 38.2 Å². The zero-order valence-corrected chi connectivity index (χ0v) is 15.7. The Labute approximate surface area is 130 Å². The molecule has 0 unspecified atom stereocenters. The molecule has 0 bridgehead atoms. The molecule has 6 heteroatoms. The SMILES string of the molecule is CC(C)(C)OC(=O)N[C@@]([SiH3])(C(=O)O)C1CCCCCCC1. The third kappa shape index (κ3) is 5.69. The predicted molar refractivity (Wildman–Crippen MR) is 85.5 cm³/mol. The number of carbonyl (C=O) groups is 2. The van der Waals surface area contributed by atoms with E-state index in [4.69, 9.17) is 4.74 Å². The van der Waals surface area contributed by atoms with Gasteiger partial charge < -0.3 is 15.2 Å². The fraction of sp³-hybridized carbons (Fsp3) is 0.867. The largest absolute Gasteiger partial charge is 0.480 e. The summed E-state index contributed by atoms with van der Waals surface area (Å²) in [6.07, 6.45) is 6.72. The molecule has 122 valence electrons. The average molecular weight is 315 g/mol. The highest BCUT2D eigenvalue weighted by atomic mass is 28.1. The highest BCUT2D eigenvalue weighted by Gasteiger charge is 2.43. The number of hydrogen-bond acceptors (Lipinski definition) is 3. The van der Waals surface area contributed by atoms with Crippen molar-refractivity contribution in [2.24, 2.45) is 5.92 Å². The zero-order chi connectivity index (χ0) is 16.1. The lowest BCUT2D eigenvalue weighted by Gasteiger charge is -2.36. The van der Waals surface area contributed by atoms with E-state index in [0.717, 1.165) is 38.5 Å². The van der Waals surface area contributed by atoms with Crippen LogP contribution in [-0.2, 0) is 9.53 Å². The Bertz CT molecular complexity index is 372. The second kappa shape index (κ2) is 7.29. The molecular weight excluding hydrogens is 286 g/mol. The molecule has 0 aromatic heterocycles. The summed E-state index contributed by atoms with van der Waals surface area (Å²) in [5.41, 5.74) is -0.619. The molecule has 21 heavy (non-hydrogen) atoms. The van der Waals surface area contributed by atoms with Gasteiger partial charge in [0, 0.05) is 0 Å². The van der Waals surface area contributed by atoms with Gasteiger partial charge in [-0.05, 0) is 39.5 Å². The minimum atomic E-state index is -1.13. The van der Waals surface area contributed by atoms with Gasteiger partial charge >= 0.3 is 12.1 Å². The molecular formula is C15H29NO4Si. The standard InChI is InChI=1S/C15H29NO4Si/c1-14(2,3)20-13(19)16-15(21,12(17)18)11-9-7-5-4-6-8-10-11/h11H,4-10H2,1-3,21H3,(H,16,19)(H,17,18)/t15-/m0/s1. The zero-order valence-electron chi connectivity index (χ0n) is 13.7. The third-order valence-electron chi connectivity index (χ3n) is 4.13. The number of rotatable bonds is 3. The first-order valence-corrected chi connectivity index (χ1v) is 8.90. The van der Waals surface area contributed by atoms with Crippen molar-refractivity contribution in [2.45, 2.75) is 76.5 Å². The van der Waals surface area contributed by atoms with Crippen molar-refractivity contribution < 1.29 is 19.4 Å². The van der Waals surface area contributed by atoms with Gasteiger partial charge in [-0.2, -0.15) is 0 Å². The Morgan fingerprint density at radius 1 is 1.10 bits per heavy atom. The summed E-state index contributed by atoms with van der Waals surface area (Å²) in [5, 5.41) is 11.2. The summed E-state index contributed by atoms with van der Waals surface area (Å²) in [5.74, 6) is -0.917. The maximum Gasteiger partial charge on any atom is 0.408 e. The molecule has 1 fully saturated rings. The Morgan fingerprint density at radius 3 is 2.00 bits per heavy atom. The Hall–Kier alpha value is -1.04. The summed E-state index contributed by atoms with van der Waals surface area (Å²) in [4.78, 5) is 23.8. The number of carboxylic acids is 1. The van der Waals surface area contributed by atoms with E-state index in [0.29, 0.717) is 10.2 Å². The van der Waals surface area contributed by atoms with Gasteiger partial charge in [0.2, 0.25) is 0 Å². The van der Waals surface area contributed by atoms with Gasteiger partial charge in [-0.3, -0.25) is 4.79 Å². The van der Waals surface area contributed by atoms with E-state index in [2.05, 4.69) is 5.32 Å². The molecule has 1 atom stereocenters. The summed E-state index contributed by atoms with van der Waals surface area (Å²) < 4.78 is 5.24. The smallest absolute Gasteiger partial charge is 0.408 e. The summed E-state index contributed by atoms with van der Waals surface area (Å²) in [7, 11) is 0.369. The van der Waals surface area contributed by atoms with Crippen LogP contribution in [0.3, 0.4) is 0 Å². The fourth-order valence-corrected chi connectivity index (χ4v) is 3.66. The van der Waals surface area contributed by atoms with E-state index >= 15 is 0 Å². The second-order valence-corrected chi connectivity index (χ2v) is 8.75. The highest BCUT2D eigenvalue weighted by molar-refractivity contribution is 6.28. The molecule has 0 saturated heterocycles. The van der Waals surface area contributed by atoms with Crippen LogP contribution in [0.1, 0.15) is 65.7 Å². The highest BCUT2D eigenvalue weighted by Crippen LogP contribution is 2.30. The van der Waals surface area contributed by atoms with Crippen LogP contribution in [0.2, 0.25) is 0 Å². The fourth-order valence-electron chi connectivity index (χ4n) is 2.88. The Kier molecular flexibility index (Phi) is 6.25. The third-order valence-corrected chi connectivity index (χ3v) is 5.62. The number of hydrogen-bond donors (Lipinski definition) is 2. The second-order valence-electron chi connectivity index (χ2n) is 7.18. The van der Waals surface area contributed by atoms with Crippen molar-refractivity contribution in [3.63, 3.8) is 0 Å². The lowest BCUT2D eigenvalue weighted by Crippen LogP contribution is -2.60. The number of nitrogens with one attached hydrogen (secondary N) is 1. The topological polar surface area (TPSA) is 75.6 Å². The van der Waals surface area contributed by atoms with Gasteiger partial charge in [-0.25, -0.2) is 4.79 Å². The minimum absolute atomic E-state index is 0.00878. The maximum atomic E-state index is 12.0. The molecule has 1 aliphatic carbocycles. The molecule has 1 aliphatic rings. The minimum Gasteiger partial charge on any atom is -0.480 e. The number of alkyl carbamates (subject to hydrolysis) is 1. The molecule has 0 aromatic carbocycles. The van der Waals surface area contributed by atoms with Crippen LogP contribution in [0.4, 0.5) is 4.79 Å². The molecule has 1 amide bonds. The van der Waals surface area contributed by atoms with Gasteiger partial charge in [0.15, 0.2) is 0 Å². The average Bonchev–Trinajstić information content (AvgIpc) is 2.24. The summed E-state index contributed by atoms with van der Waals surface area (Å²) in [6.45, 7) is 5.33. The van der Waals surface area contributed by atoms with Crippen molar-refractivity contribution in [1.82, 2.24) is 5.32 Å². The predicted octanol–water partition coefficient (Wildman–Crippen LogP) is 2.02. The van der Waals surface area contributed by atoms with E-state index in [1.165, 1.54) is 6.42 Å². The lowest BCUT2D eigenvalue weighted by molar-refractivity contribution is -0.143. The molecule has 2 N–H and O–H groups in total. The first kappa shape index (κ1) is 18.0. The van der Waals surface area contributed by atoms with Gasteiger partial charge in [-0.15, -0.1) is 0 Å². The van der Waals surface area contributed by atoms with Crippen molar-refractivity contribution in [3.05, 3.63) is 0 Å². The maximum absolute atomic E-state index is 12.0. The number of ether oxygens (including phenoxy) is 1. The molecule has 0 aliphatic heterocycles. The van der Waals surface area contributed by atoms with Crippen molar-refractivity contribution in [2.75, 3.05) is 0 Å². The molecule has 1 rings (SSSR count). The van der Waals surface area contributed by atoms with E-state index < -0.39 is 22.8 Å². The van der Waals surface area contributed by atoms with E-state index in [-0.39, 0.29) is 5.92 Å². The quantitative estimate of drug-likeness (QED) is 0.781. The first-order chi connectivity index (χ1) is 9.65. The normalized spacial score (nSPS) is 20.9. The van der Waals surface area contributed by atoms with Gasteiger partial charge in [0.25, 0.3) is 0 Å². The molecule has 0 aromatic rings. The molecule has 5 nitrogen and oxygen atoms in total. The monoisotopic (exact) mass is 315 g/mol. The molecule has 0 heterocycles.